The number of hydrogen-bond acceptors (Lipinski definition) is 7. The molecule has 0 spiro atoms. The standard InChI is InChI=1S/C21H21N3O7/c1-3-31-20(28)13-8-10-14(11-9-13)23-19(27)18(26)22-12-17(25)24-16-7-5-4-6-15(16)21(29)30-2/h4-11H,3,12H2,1-2H3,(H,22,26)(H,23,27)(H,24,25). The zero-order valence-electron chi connectivity index (χ0n) is 16.9. The second-order valence-electron chi connectivity index (χ2n) is 6.02. The van der Waals surface area contributed by atoms with Gasteiger partial charge in [-0.25, -0.2) is 9.59 Å². The first-order valence-electron chi connectivity index (χ1n) is 9.19. The highest BCUT2D eigenvalue weighted by atomic mass is 16.5. The molecule has 0 aliphatic heterocycles. The van der Waals surface area contributed by atoms with Crippen LogP contribution in [0.1, 0.15) is 27.6 Å². The first-order chi connectivity index (χ1) is 14.8. The minimum atomic E-state index is -1.04. The van der Waals surface area contributed by atoms with Crippen molar-refractivity contribution in [3.63, 3.8) is 0 Å². The van der Waals surface area contributed by atoms with Crippen molar-refractivity contribution in [3.8, 4) is 0 Å². The number of esters is 2. The van der Waals surface area contributed by atoms with Crippen LogP contribution < -0.4 is 16.0 Å². The molecule has 162 valence electrons. The Balaban J connectivity index is 1.87. The topological polar surface area (TPSA) is 140 Å². The van der Waals surface area contributed by atoms with Crippen LogP contribution in [-0.2, 0) is 23.9 Å². The molecule has 0 aliphatic carbocycles. The predicted octanol–water partition coefficient (Wildman–Crippen LogP) is 1.34. The second kappa shape index (κ2) is 11.1. The molecule has 0 radical (unpaired) electrons. The lowest BCUT2D eigenvalue weighted by atomic mass is 10.2. The van der Waals surface area contributed by atoms with Crippen molar-refractivity contribution in [2.75, 3.05) is 30.9 Å². The van der Waals surface area contributed by atoms with Gasteiger partial charge in [0.15, 0.2) is 0 Å². The SMILES string of the molecule is CCOC(=O)c1ccc(NC(=O)C(=O)NCC(=O)Nc2ccccc2C(=O)OC)cc1. The van der Waals surface area contributed by atoms with E-state index in [1.54, 1.807) is 19.1 Å². The van der Waals surface area contributed by atoms with Crippen molar-refractivity contribution in [1.29, 1.82) is 0 Å². The van der Waals surface area contributed by atoms with Crippen molar-refractivity contribution in [2.24, 2.45) is 0 Å². The monoisotopic (exact) mass is 427 g/mol. The fraction of sp³-hybridized carbons (Fsp3) is 0.190. The van der Waals surface area contributed by atoms with Crippen LogP contribution in [-0.4, -0.2) is 49.9 Å². The number of methoxy groups -OCH3 is 1. The van der Waals surface area contributed by atoms with Gasteiger partial charge in [-0.15, -0.1) is 0 Å². The molecule has 2 rings (SSSR count). The lowest BCUT2D eigenvalue weighted by molar-refractivity contribution is -0.136. The molecule has 10 heteroatoms. The number of amides is 3. The molecular weight excluding hydrogens is 406 g/mol. The van der Waals surface area contributed by atoms with Crippen LogP contribution in [0.5, 0.6) is 0 Å². The molecule has 0 bridgehead atoms. The normalized spacial score (nSPS) is 9.87. The quantitative estimate of drug-likeness (QED) is 0.447. The highest BCUT2D eigenvalue weighted by Gasteiger charge is 2.17. The largest absolute Gasteiger partial charge is 0.465 e. The highest BCUT2D eigenvalue weighted by molar-refractivity contribution is 6.40. The zero-order chi connectivity index (χ0) is 22.8. The van der Waals surface area contributed by atoms with E-state index >= 15 is 0 Å². The molecular formula is C21H21N3O7. The van der Waals surface area contributed by atoms with Gasteiger partial charge in [-0.1, -0.05) is 12.1 Å². The smallest absolute Gasteiger partial charge is 0.339 e. The number of anilines is 2. The van der Waals surface area contributed by atoms with Gasteiger partial charge in [0, 0.05) is 5.69 Å². The first kappa shape index (κ1) is 23.1. The molecule has 0 unspecified atom stereocenters. The maximum atomic E-state index is 12.1. The number of carbonyl (C=O) groups is 5. The predicted molar refractivity (Wildman–Crippen MR) is 110 cm³/mol. The number of nitrogens with one attached hydrogen (secondary N) is 3. The summed E-state index contributed by atoms with van der Waals surface area (Å²) >= 11 is 0. The van der Waals surface area contributed by atoms with E-state index in [1.165, 1.54) is 43.5 Å². The summed E-state index contributed by atoms with van der Waals surface area (Å²) in [5.74, 6) is -3.81. The summed E-state index contributed by atoms with van der Waals surface area (Å²) in [7, 11) is 1.21. The fourth-order valence-corrected chi connectivity index (χ4v) is 2.41. The maximum absolute atomic E-state index is 12.1. The highest BCUT2D eigenvalue weighted by Crippen LogP contribution is 2.15. The van der Waals surface area contributed by atoms with E-state index in [0.29, 0.717) is 5.56 Å². The third-order valence-electron chi connectivity index (χ3n) is 3.88. The summed E-state index contributed by atoms with van der Waals surface area (Å²) in [5, 5.41) is 6.99. The van der Waals surface area contributed by atoms with Gasteiger partial charge in [-0.2, -0.15) is 0 Å². The van der Waals surface area contributed by atoms with Crippen LogP contribution in [0, 0.1) is 0 Å². The van der Waals surface area contributed by atoms with Crippen LogP contribution in [0.2, 0.25) is 0 Å². The Morgan fingerprint density at radius 1 is 0.839 bits per heavy atom. The number of benzene rings is 2. The molecule has 0 heterocycles. The molecule has 0 atom stereocenters. The molecule has 2 aromatic rings. The van der Waals surface area contributed by atoms with Crippen molar-refractivity contribution in [3.05, 3.63) is 59.7 Å². The van der Waals surface area contributed by atoms with Crippen LogP contribution in [0.25, 0.3) is 0 Å². The van der Waals surface area contributed by atoms with Crippen LogP contribution in [0.4, 0.5) is 11.4 Å². The summed E-state index contributed by atoms with van der Waals surface area (Å²) in [6.07, 6.45) is 0. The minimum Gasteiger partial charge on any atom is -0.465 e. The van der Waals surface area contributed by atoms with Gasteiger partial charge in [0.1, 0.15) is 0 Å². The lowest BCUT2D eigenvalue weighted by Crippen LogP contribution is -2.39. The Kier molecular flexibility index (Phi) is 8.26. The Hall–Kier alpha value is -4.21. The number of hydrogen-bond donors (Lipinski definition) is 3. The van der Waals surface area contributed by atoms with Crippen molar-refractivity contribution < 1.29 is 33.4 Å². The van der Waals surface area contributed by atoms with Gasteiger partial charge in [0.05, 0.1) is 37.1 Å². The van der Waals surface area contributed by atoms with Crippen LogP contribution >= 0.6 is 0 Å². The average Bonchev–Trinajstić information content (AvgIpc) is 2.77. The van der Waals surface area contributed by atoms with Gasteiger partial charge in [0.2, 0.25) is 5.91 Å². The molecule has 10 nitrogen and oxygen atoms in total. The van der Waals surface area contributed by atoms with Gasteiger partial charge in [-0.05, 0) is 43.3 Å². The molecule has 0 aromatic heterocycles. The Morgan fingerprint density at radius 3 is 2.16 bits per heavy atom. The van der Waals surface area contributed by atoms with Gasteiger partial charge >= 0.3 is 23.8 Å². The molecule has 2 aromatic carbocycles. The molecule has 3 amide bonds. The summed E-state index contributed by atoms with van der Waals surface area (Å²) in [5.41, 5.74) is 0.936. The van der Waals surface area contributed by atoms with Crippen LogP contribution in [0.15, 0.2) is 48.5 Å². The maximum Gasteiger partial charge on any atom is 0.339 e. The average molecular weight is 427 g/mol. The zero-order valence-corrected chi connectivity index (χ0v) is 16.9. The molecule has 0 saturated heterocycles. The van der Waals surface area contributed by atoms with E-state index in [2.05, 4.69) is 20.7 Å². The third kappa shape index (κ3) is 6.67. The first-order valence-corrected chi connectivity index (χ1v) is 9.19. The molecule has 31 heavy (non-hydrogen) atoms. The summed E-state index contributed by atoms with van der Waals surface area (Å²) in [4.78, 5) is 59.3. The number of carbonyl (C=O) groups excluding carboxylic acids is 5. The van der Waals surface area contributed by atoms with E-state index in [4.69, 9.17) is 4.74 Å². The number of para-hydroxylation sites is 1. The molecule has 3 N–H and O–H groups in total. The van der Waals surface area contributed by atoms with Crippen molar-refractivity contribution >= 4 is 41.0 Å². The molecule has 0 saturated carbocycles. The van der Waals surface area contributed by atoms with E-state index in [-0.39, 0.29) is 23.5 Å². The summed E-state index contributed by atoms with van der Waals surface area (Å²) in [6.45, 7) is 1.42. The Morgan fingerprint density at radius 2 is 1.52 bits per heavy atom. The van der Waals surface area contributed by atoms with Gasteiger partial charge in [-0.3, -0.25) is 14.4 Å². The van der Waals surface area contributed by atoms with E-state index in [1.807, 2.05) is 0 Å². The van der Waals surface area contributed by atoms with Crippen molar-refractivity contribution in [1.82, 2.24) is 5.32 Å². The minimum absolute atomic E-state index is 0.147. The fourth-order valence-electron chi connectivity index (χ4n) is 2.41. The second-order valence-corrected chi connectivity index (χ2v) is 6.02. The number of rotatable bonds is 7. The molecule has 0 aliphatic rings. The Bertz CT molecular complexity index is 987. The number of ether oxygens (including phenoxy) is 2. The van der Waals surface area contributed by atoms with Gasteiger partial charge in [0.25, 0.3) is 0 Å². The van der Waals surface area contributed by atoms with Crippen molar-refractivity contribution in [2.45, 2.75) is 6.92 Å². The van der Waals surface area contributed by atoms with Gasteiger partial charge < -0.3 is 25.4 Å². The third-order valence-corrected chi connectivity index (χ3v) is 3.88. The van der Waals surface area contributed by atoms with E-state index in [0.717, 1.165) is 0 Å². The molecule has 0 fully saturated rings. The van der Waals surface area contributed by atoms with Crippen LogP contribution in [0.3, 0.4) is 0 Å². The summed E-state index contributed by atoms with van der Waals surface area (Å²) in [6, 6.07) is 11.9. The summed E-state index contributed by atoms with van der Waals surface area (Å²) < 4.78 is 9.50. The Labute approximate surface area is 177 Å². The van der Waals surface area contributed by atoms with E-state index < -0.39 is 36.2 Å². The lowest BCUT2D eigenvalue weighted by Gasteiger charge is -2.10. The van der Waals surface area contributed by atoms with E-state index in [9.17, 15) is 24.0 Å².